The molecule has 0 atom stereocenters. The molecule has 0 aliphatic heterocycles. The Morgan fingerprint density at radius 3 is 1.57 bits per heavy atom. The van der Waals surface area contributed by atoms with Crippen LogP contribution in [-0.4, -0.2) is 79.7 Å². The first-order valence-electron chi connectivity index (χ1n) is 8.03. The van der Waals surface area contributed by atoms with Gasteiger partial charge in [0.15, 0.2) is 0 Å². The van der Waals surface area contributed by atoms with Gasteiger partial charge in [0.25, 0.3) is 0 Å². The van der Waals surface area contributed by atoms with Gasteiger partial charge < -0.3 is 28.4 Å². The smallest absolute Gasteiger partial charge is 0.302 e. The van der Waals surface area contributed by atoms with Gasteiger partial charge in [-0.15, -0.1) is 0 Å². The van der Waals surface area contributed by atoms with Crippen molar-refractivity contribution in [3.05, 3.63) is 0 Å². The Morgan fingerprint density at radius 2 is 1.13 bits per heavy atom. The summed E-state index contributed by atoms with van der Waals surface area (Å²) < 4.78 is 29.7. The predicted octanol–water partition coefficient (Wildman–Crippen LogP) is 1.68. The lowest BCUT2D eigenvalue weighted by molar-refractivity contribution is -0.142. The van der Waals surface area contributed by atoms with Crippen LogP contribution in [0, 0.1) is 0 Å². The largest absolute Gasteiger partial charge is 0.463 e. The average molecular weight is 338 g/mol. The van der Waals surface area contributed by atoms with Crippen molar-refractivity contribution in [1.82, 2.24) is 0 Å². The number of methoxy groups -OCH3 is 2. The number of esters is 1. The molecule has 0 aromatic carbocycles. The molecule has 0 aromatic heterocycles. The van der Waals surface area contributed by atoms with Gasteiger partial charge in [0.2, 0.25) is 0 Å². The highest BCUT2D eigenvalue weighted by Gasteiger charge is 1.91. The molecule has 0 unspecified atom stereocenters. The zero-order chi connectivity index (χ0) is 17.6. The molecule has 0 bridgehead atoms. The normalized spacial score (nSPS) is 10.1. The van der Waals surface area contributed by atoms with E-state index in [2.05, 4.69) is 11.7 Å². The number of ether oxygens (including phenoxy) is 6. The van der Waals surface area contributed by atoms with E-state index < -0.39 is 0 Å². The van der Waals surface area contributed by atoms with E-state index in [1.54, 1.807) is 14.2 Å². The van der Waals surface area contributed by atoms with Crippen LogP contribution < -0.4 is 0 Å². The highest BCUT2D eigenvalue weighted by molar-refractivity contribution is 5.65. The van der Waals surface area contributed by atoms with Crippen molar-refractivity contribution in [3.63, 3.8) is 0 Å². The van der Waals surface area contributed by atoms with Crippen molar-refractivity contribution in [1.29, 1.82) is 0 Å². The average Bonchev–Trinajstić information content (AvgIpc) is 2.54. The second-order valence-corrected chi connectivity index (χ2v) is 4.52. The van der Waals surface area contributed by atoms with Crippen molar-refractivity contribution in [2.75, 3.05) is 73.7 Å². The molecule has 0 aromatic rings. The highest BCUT2D eigenvalue weighted by Crippen LogP contribution is 1.87. The number of carbonyl (C=O) groups is 1. The van der Waals surface area contributed by atoms with E-state index >= 15 is 0 Å². The lowest BCUT2D eigenvalue weighted by Gasteiger charge is -2.04. The Balaban J connectivity index is 0. The third-order valence-electron chi connectivity index (χ3n) is 2.41. The van der Waals surface area contributed by atoms with Crippen molar-refractivity contribution in [2.24, 2.45) is 0 Å². The molecule has 0 radical (unpaired) electrons. The lowest BCUT2D eigenvalue weighted by Crippen LogP contribution is -2.10. The Morgan fingerprint density at radius 1 is 0.696 bits per heavy atom. The molecule has 7 nitrogen and oxygen atoms in total. The Kier molecular flexibility index (Phi) is 25.1. The molecule has 0 aliphatic rings. The minimum atomic E-state index is -0.246. The summed E-state index contributed by atoms with van der Waals surface area (Å²) in [5.41, 5.74) is 0. The van der Waals surface area contributed by atoms with Crippen LogP contribution in [0.15, 0.2) is 0 Å². The third kappa shape index (κ3) is 29.8. The van der Waals surface area contributed by atoms with Crippen LogP contribution in [0.3, 0.4) is 0 Å². The van der Waals surface area contributed by atoms with E-state index in [-0.39, 0.29) is 5.97 Å². The number of hydrogen-bond donors (Lipinski definition) is 0. The van der Waals surface area contributed by atoms with Crippen molar-refractivity contribution in [3.8, 4) is 0 Å². The van der Waals surface area contributed by atoms with E-state index in [1.807, 2.05) is 0 Å². The molecule has 0 fully saturated rings. The Labute approximate surface area is 140 Å². The second kappa shape index (κ2) is 23.5. The Hall–Kier alpha value is -0.730. The van der Waals surface area contributed by atoms with Gasteiger partial charge in [0, 0.05) is 27.8 Å². The quantitative estimate of drug-likeness (QED) is 0.332. The summed E-state index contributed by atoms with van der Waals surface area (Å²) in [4.78, 5) is 10.3. The molecule has 0 saturated carbocycles. The van der Waals surface area contributed by atoms with E-state index in [0.29, 0.717) is 52.9 Å². The van der Waals surface area contributed by atoms with Crippen molar-refractivity contribution >= 4 is 5.97 Å². The van der Waals surface area contributed by atoms with Gasteiger partial charge in [-0.3, -0.25) is 4.79 Å². The van der Waals surface area contributed by atoms with Crippen LogP contribution >= 0.6 is 0 Å². The fourth-order valence-electron chi connectivity index (χ4n) is 1.20. The molecule has 140 valence electrons. The highest BCUT2D eigenvalue weighted by atomic mass is 16.6. The summed E-state index contributed by atoms with van der Waals surface area (Å²) in [5.74, 6) is -0.246. The van der Waals surface area contributed by atoms with Crippen LogP contribution in [0.25, 0.3) is 0 Å². The van der Waals surface area contributed by atoms with Crippen LogP contribution in [0.5, 0.6) is 0 Å². The monoisotopic (exact) mass is 338 g/mol. The molecule has 0 aliphatic carbocycles. The summed E-state index contributed by atoms with van der Waals surface area (Å²) in [6, 6.07) is 0. The fourth-order valence-corrected chi connectivity index (χ4v) is 1.20. The summed E-state index contributed by atoms with van der Waals surface area (Å²) in [7, 11) is 3.30. The van der Waals surface area contributed by atoms with Gasteiger partial charge in [-0.05, 0) is 6.42 Å². The van der Waals surface area contributed by atoms with Gasteiger partial charge in [-0.2, -0.15) is 0 Å². The van der Waals surface area contributed by atoms with Gasteiger partial charge in [0.1, 0.15) is 6.61 Å². The number of carbonyl (C=O) groups excluding carboxylic acids is 1. The van der Waals surface area contributed by atoms with Crippen LogP contribution in [0.1, 0.15) is 26.7 Å². The zero-order valence-corrected chi connectivity index (χ0v) is 15.1. The number of rotatable bonds is 15. The topological polar surface area (TPSA) is 72.5 Å². The minimum Gasteiger partial charge on any atom is -0.463 e. The molecule has 0 amide bonds. The Bertz CT molecular complexity index is 214. The van der Waals surface area contributed by atoms with Gasteiger partial charge in [-0.25, -0.2) is 0 Å². The van der Waals surface area contributed by atoms with E-state index in [0.717, 1.165) is 19.4 Å². The molecule has 0 heterocycles. The van der Waals surface area contributed by atoms with Crippen LogP contribution in [0.4, 0.5) is 0 Å². The zero-order valence-electron chi connectivity index (χ0n) is 15.1. The SMILES string of the molecule is CCCCOCCOC(C)=O.COCCOCCOCCOC. The van der Waals surface area contributed by atoms with E-state index in [1.165, 1.54) is 6.92 Å². The third-order valence-corrected chi connectivity index (χ3v) is 2.41. The molecular formula is C16H34O7. The first-order chi connectivity index (χ1) is 11.2. The van der Waals surface area contributed by atoms with E-state index in [9.17, 15) is 4.79 Å². The van der Waals surface area contributed by atoms with E-state index in [4.69, 9.17) is 23.7 Å². The summed E-state index contributed by atoms with van der Waals surface area (Å²) in [6.45, 7) is 8.92. The maximum atomic E-state index is 10.3. The maximum absolute atomic E-state index is 10.3. The van der Waals surface area contributed by atoms with Gasteiger partial charge >= 0.3 is 5.97 Å². The molecular weight excluding hydrogens is 304 g/mol. The molecule has 23 heavy (non-hydrogen) atoms. The minimum absolute atomic E-state index is 0.246. The predicted molar refractivity (Wildman–Crippen MR) is 87.8 cm³/mol. The second-order valence-electron chi connectivity index (χ2n) is 4.52. The summed E-state index contributed by atoms with van der Waals surface area (Å²) >= 11 is 0. The molecule has 0 saturated heterocycles. The lowest BCUT2D eigenvalue weighted by atomic mass is 10.4. The van der Waals surface area contributed by atoms with Gasteiger partial charge in [-0.1, -0.05) is 13.3 Å². The number of unbranched alkanes of at least 4 members (excludes halogenated alkanes) is 1. The molecule has 7 heteroatoms. The summed E-state index contributed by atoms with van der Waals surface area (Å²) in [5, 5.41) is 0. The van der Waals surface area contributed by atoms with Crippen LogP contribution in [-0.2, 0) is 33.2 Å². The van der Waals surface area contributed by atoms with Crippen molar-refractivity contribution < 1.29 is 33.2 Å². The fraction of sp³-hybridized carbons (Fsp3) is 0.938. The standard InChI is InChI=1S/C8H18O4.C8H16O3/c1-9-3-5-11-7-8-12-6-4-10-2;1-3-4-5-10-6-7-11-8(2)9/h3-8H2,1-2H3;3-7H2,1-2H3. The summed E-state index contributed by atoms with van der Waals surface area (Å²) in [6.07, 6.45) is 2.20. The molecule has 0 N–H and O–H groups in total. The molecule has 0 spiro atoms. The van der Waals surface area contributed by atoms with Crippen LogP contribution in [0.2, 0.25) is 0 Å². The first-order valence-corrected chi connectivity index (χ1v) is 8.03. The number of hydrogen-bond acceptors (Lipinski definition) is 7. The first kappa shape index (κ1) is 24.5. The molecule has 0 rings (SSSR count). The van der Waals surface area contributed by atoms with Gasteiger partial charge in [0.05, 0.1) is 46.2 Å². The maximum Gasteiger partial charge on any atom is 0.302 e. The van der Waals surface area contributed by atoms with Crippen molar-refractivity contribution in [2.45, 2.75) is 26.7 Å².